The van der Waals surface area contributed by atoms with Crippen molar-refractivity contribution in [3.8, 4) is 0 Å². The summed E-state index contributed by atoms with van der Waals surface area (Å²) in [5.74, 6) is -0.741. The molecule has 0 aromatic heterocycles. The number of nitrogens with one attached hydrogen (secondary N) is 3. The van der Waals surface area contributed by atoms with E-state index in [9.17, 15) is 14.4 Å². The van der Waals surface area contributed by atoms with Crippen molar-refractivity contribution in [3.05, 3.63) is 94.5 Å². The molecule has 3 aromatic carbocycles. The molecule has 0 aliphatic carbocycles. The summed E-state index contributed by atoms with van der Waals surface area (Å²) in [6.45, 7) is 2.01. The second-order valence-electron chi connectivity index (χ2n) is 6.86. The number of hydrogen-bond acceptors (Lipinski definition) is 3. The van der Waals surface area contributed by atoms with Crippen LogP contribution in [0.1, 0.15) is 32.7 Å². The van der Waals surface area contributed by atoms with E-state index >= 15 is 0 Å². The SMILES string of the molecule is Cc1c(NC(=O)CCNC(=O)c2ccc(Cl)cc2)cccc1NC(=O)c1ccccc1. The van der Waals surface area contributed by atoms with Crippen molar-refractivity contribution in [3.63, 3.8) is 0 Å². The molecule has 158 valence electrons. The van der Waals surface area contributed by atoms with Gasteiger partial charge in [-0.05, 0) is 61.0 Å². The van der Waals surface area contributed by atoms with Crippen LogP contribution in [-0.2, 0) is 4.79 Å². The quantitative estimate of drug-likeness (QED) is 0.504. The van der Waals surface area contributed by atoms with Crippen LogP contribution in [0.4, 0.5) is 11.4 Å². The number of halogens is 1. The van der Waals surface area contributed by atoms with E-state index in [4.69, 9.17) is 11.6 Å². The fourth-order valence-electron chi connectivity index (χ4n) is 2.90. The van der Waals surface area contributed by atoms with Gasteiger partial charge in [-0.2, -0.15) is 0 Å². The lowest BCUT2D eigenvalue weighted by Crippen LogP contribution is -2.27. The van der Waals surface area contributed by atoms with Crippen molar-refractivity contribution in [2.24, 2.45) is 0 Å². The van der Waals surface area contributed by atoms with Gasteiger partial charge in [0.15, 0.2) is 0 Å². The Labute approximate surface area is 185 Å². The molecule has 7 heteroatoms. The second kappa shape index (κ2) is 10.4. The van der Waals surface area contributed by atoms with Gasteiger partial charge in [0, 0.05) is 40.5 Å². The van der Waals surface area contributed by atoms with Crippen LogP contribution in [-0.4, -0.2) is 24.3 Å². The molecule has 0 bridgehead atoms. The molecule has 0 unspecified atom stereocenters. The zero-order valence-corrected chi connectivity index (χ0v) is 17.7. The Morgan fingerprint density at radius 2 is 1.35 bits per heavy atom. The first-order chi connectivity index (χ1) is 14.9. The van der Waals surface area contributed by atoms with Crippen molar-refractivity contribution in [1.29, 1.82) is 0 Å². The molecule has 3 rings (SSSR count). The van der Waals surface area contributed by atoms with E-state index in [1.807, 2.05) is 13.0 Å². The van der Waals surface area contributed by atoms with E-state index in [1.165, 1.54) is 0 Å². The predicted molar refractivity (Wildman–Crippen MR) is 123 cm³/mol. The monoisotopic (exact) mass is 435 g/mol. The third kappa shape index (κ3) is 6.17. The summed E-state index contributed by atoms with van der Waals surface area (Å²) in [5.41, 5.74) is 2.98. The number of carbonyl (C=O) groups excluding carboxylic acids is 3. The fourth-order valence-corrected chi connectivity index (χ4v) is 3.02. The third-order valence-electron chi connectivity index (χ3n) is 4.64. The average Bonchev–Trinajstić information content (AvgIpc) is 2.77. The molecule has 0 aliphatic heterocycles. The molecule has 0 heterocycles. The zero-order valence-electron chi connectivity index (χ0n) is 16.9. The summed E-state index contributed by atoms with van der Waals surface area (Å²) in [5, 5.41) is 8.94. The topological polar surface area (TPSA) is 87.3 Å². The van der Waals surface area contributed by atoms with Gasteiger partial charge in [-0.3, -0.25) is 14.4 Å². The van der Waals surface area contributed by atoms with Crippen LogP contribution in [0.3, 0.4) is 0 Å². The van der Waals surface area contributed by atoms with E-state index in [-0.39, 0.29) is 30.7 Å². The van der Waals surface area contributed by atoms with E-state index in [1.54, 1.807) is 66.7 Å². The number of benzene rings is 3. The highest BCUT2D eigenvalue weighted by Gasteiger charge is 2.12. The molecule has 0 saturated heterocycles. The van der Waals surface area contributed by atoms with Gasteiger partial charge in [-0.15, -0.1) is 0 Å². The Morgan fingerprint density at radius 3 is 2.03 bits per heavy atom. The van der Waals surface area contributed by atoms with Crippen LogP contribution in [0.15, 0.2) is 72.8 Å². The van der Waals surface area contributed by atoms with Crippen LogP contribution in [0.2, 0.25) is 5.02 Å². The summed E-state index contributed by atoms with van der Waals surface area (Å²) in [4.78, 5) is 36.8. The Kier molecular flexibility index (Phi) is 7.40. The zero-order chi connectivity index (χ0) is 22.2. The van der Waals surface area contributed by atoms with Gasteiger partial charge in [-0.25, -0.2) is 0 Å². The minimum absolute atomic E-state index is 0.110. The number of amides is 3. The van der Waals surface area contributed by atoms with Crippen molar-refractivity contribution < 1.29 is 14.4 Å². The van der Waals surface area contributed by atoms with Crippen molar-refractivity contribution in [2.75, 3.05) is 17.2 Å². The van der Waals surface area contributed by atoms with Gasteiger partial charge in [0.25, 0.3) is 11.8 Å². The Morgan fingerprint density at radius 1 is 0.742 bits per heavy atom. The molecular formula is C24H22ClN3O3. The number of hydrogen-bond donors (Lipinski definition) is 3. The molecule has 0 fully saturated rings. The number of carbonyl (C=O) groups is 3. The Bertz CT molecular complexity index is 1080. The lowest BCUT2D eigenvalue weighted by Gasteiger charge is -2.14. The molecule has 0 radical (unpaired) electrons. The summed E-state index contributed by atoms with van der Waals surface area (Å²) in [7, 11) is 0. The van der Waals surface area contributed by atoms with E-state index < -0.39 is 0 Å². The van der Waals surface area contributed by atoms with Crippen molar-refractivity contribution in [2.45, 2.75) is 13.3 Å². The summed E-state index contributed by atoms with van der Waals surface area (Å²) in [6, 6.07) is 20.7. The predicted octanol–water partition coefficient (Wildman–Crippen LogP) is 4.66. The standard InChI is InChI=1S/C24H22ClN3O3/c1-16-20(8-5-9-21(16)28-24(31)17-6-3-2-4-7-17)27-22(29)14-15-26-23(30)18-10-12-19(25)13-11-18/h2-13H,14-15H2,1H3,(H,26,30)(H,27,29)(H,28,31). The normalized spacial score (nSPS) is 10.3. The maximum Gasteiger partial charge on any atom is 0.255 e. The van der Waals surface area contributed by atoms with Crippen molar-refractivity contribution >= 4 is 40.7 Å². The third-order valence-corrected chi connectivity index (χ3v) is 4.89. The first-order valence-electron chi connectivity index (χ1n) is 9.73. The first-order valence-corrected chi connectivity index (χ1v) is 10.1. The van der Waals surface area contributed by atoms with E-state index in [0.717, 1.165) is 5.56 Å². The van der Waals surface area contributed by atoms with Crippen LogP contribution in [0.5, 0.6) is 0 Å². The molecule has 0 aliphatic rings. The highest BCUT2D eigenvalue weighted by Crippen LogP contribution is 2.24. The molecule has 0 atom stereocenters. The first kappa shape index (κ1) is 22.1. The Balaban J connectivity index is 1.54. The van der Waals surface area contributed by atoms with Crippen LogP contribution in [0, 0.1) is 6.92 Å². The highest BCUT2D eigenvalue weighted by atomic mass is 35.5. The van der Waals surface area contributed by atoms with E-state index in [2.05, 4.69) is 16.0 Å². The maximum atomic E-state index is 12.4. The minimum atomic E-state index is -0.272. The molecule has 6 nitrogen and oxygen atoms in total. The van der Waals surface area contributed by atoms with Crippen LogP contribution in [0.25, 0.3) is 0 Å². The molecule has 3 amide bonds. The number of anilines is 2. The summed E-state index contributed by atoms with van der Waals surface area (Å²) < 4.78 is 0. The minimum Gasteiger partial charge on any atom is -0.352 e. The van der Waals surface area contributed by atoms with Gasteiger partial charge < -0.3 is 16.0 Å². The summed E-state index contributed by atoms with van der Waals surface area (Å²) in [6.07, 6.45) is 0.110. The van der Waals surface area contributed by atoms with E-state index in [0.29, 0.717) is 27.5 Å². The molecule has 31 heavy (non-hydrogen) atoms. The molecule has 3 N–H and O–H groups in total. The lowest BCUT2D eigenvalue weighted by atomic mass is 10.1. The molecule has 0 spiro atoms. The van der Waals surface area contributed by atoms with Gasteiger partial charge in [0.2, 0.25) is 5.91 Å². The van der Waals surface area contributed by atoms with Gasteiger partial charge in [0.1, 0.15) is 0 Å². The fraction of sp³-hybridized carbons (Fsp3) is 0.125. The highest BCUT2D eigenvalue weighted by molar-refractivity contribution is 6.30. The number of rotatable bonds is 7. The largest absolute Gasteiger partial charge is 0.352 e. The lowest BCUT2D eigenvalue weighted by molar-refractivity contribution is -0.116. The van der Waals surface area contributed by atoms with Gasteiger partial charge in [-0.1, -0.05) is 35.9 Å². The van der Waals surface area contributed by atoms with Crippen molar-refractivity contribution in [1.82, 2.24) is 5.32 Å². The van der Waals surface area contributed by atoms with Crippen LogP contribution >= 0.6 is 11.6 Å². The molecule has 3 aromatic rings. The van der Waals surface area contributed by atoms with Gasteiger partial charge in [0.05, 0.1) is 0 Å². The summed E-state index contributed by atoms with van der Waals surface area (Å²) >= 11 is 5.81. The molecule has 0 saturated carbocycles. The Hall–Kier alpha value is -3.64. The molecular weight excluding hydrogens is 414 g/mol. The average molecular weight is 436 g/mol. The maximum absolute atomic E-state index is 12.4. The smallest absolute Gasteiger partial charge is 0.255 e. The van der Waals surface area contributed by atoms with Crippen LogP contribution < -0.4 is 16.0 Å². The second-order valence-corrected chi connectivity index (χ2v) is 7.30. The van der Waals surface area contributed by atoms with Gasteiger partial charge >= 0.3 is 0 Å².